The average Bonchev–Trinajstić information content (AvgIpc) is 3.47. The number of amides is 1. The molecule has 0 saturated heterocycles. The van der Waals surface area contributed by atoms with Crippen molar-refractivity contribution in [2.75, 3.05) is 6.54 Å². The van der Waals surface area contributed by atoms with Gasteiger partial charge in [0.15, 0.2) is 0 Å². The Bertz CT molecular complexity index is 671. The summed E-state index contributed by atoms with van der Waals surface area (Å²) in [6.45, 7) is 1.34. The van der Waals surface area contributed by atoms with Crippen LogP contribution in [0.2, 0.25) is 0 Å². The van der Waals surface area contributed by atoms with Gasteiger partial charge in [-0.2, -0.15) is 5.10 Å². The van der Waals surface area contributed by atoms with Crippen LogP contribution < -0.4 is 5.32 Å². The summed E-state index contributed by atoms with van der Waals surface area (Å²) < 4.78 is 2.11. The van der Waals surface area contributed by atoms with Gasteiger partial charge >= 0.3 is 0 Å². The second kappa shape index (κ2) is 5.55. The smallest absolute Gasteiger partial charge is 0.252 e. The lowest BCUT2D eigenvalue weighted by atomic mass is 10.2. The van der Waals surface area contributed by atoms with Gasteiger partial charge in [-0.05, 0) is 43.9 Å². The Morgan fingerprint density at radius 1 is 1.27 bits per heavy atom. The number of aromatic nitrogens is 3. The third-order valence-corrected chi connectivity index (χ3v) is 4.35. The van der Waals surface area contributed by atoms with Gasteiger partial charge in [-0.25, -0.2) is 0 Å². The lowest BCUT2D eigenvalue weighted by Gasteiger charge is -2.08. The van der Waals surface area contributed by atoms with Crippen molar-refractivity contribution in [3.8, 4) is 0 Å². The van der Waals surface area contributed by atoms with E-state index in [4.69, 9.17) is 5.10 Å². The van der Waals surface area contributed by atoms with Crippen molar-refractivity contribution in [3.63, 3.8) is 0 Å². The minimum atomic E-state index is -0.0735. The molecule has 2 fully saturated rings. The fourth-order valence-electron chi connectivity index (χ4n) is 2.79. The lowest BCUT2D eigenvalue weighted by Crippen LogP contribution is -2.28. The van der Waals surface area contributed by atoms with Crippen LogP contribution in [0.4, 0.5) is 0 Å². The zero-order valence-corrected chi connectivity index (χ0v) is 12.5. The van der Waals surface area contributed by atoms with Gasteiger partial charge in [0.05, 0.1) is 17.8 Å². The normalized spacial score (nSPS) is 17.5. The first kappa shape index (κ1) is 13.5. The van der Waals surface area contributed by atoms with Gasteiger partial charge in [0.1, 0.15) is 0 Å². The number of nitrogens with one attached hydrogen (secondary N) is 1. The fourth-order valence-corrected chi connectivity index (χ4v) is 2.79. The molecular weight excluding hydrogens is 276 g/mol. The number of carbonyl (C=O) groups excluding carboxylic acids is 1. The number of nitrogens with zero attached hydrogens (tertiary/aromatic N) is 3. The number of hydrogen-bond acceptors (Lipinski definition) is 3. The number of rotatable bonds is 6. The van der Waals surface area contributed by atoms with E-state index in [9.17, 15) is 4.79 Å². The third-order valence-electron chi connectivity index (χ3n) is 4.35. The summed E-state index contributed by atoms with van der Waals surface area (Å²) in [4.78, 5) is 16.0. The quantitative estimate of drug-likeness (QED) is 0.891. The highest BCUT2D eigenvalue weighted by molar-refractivity contribution is 5.93. The zero-order valence-electron chi connectivity index (χ0n) is 12.5. The largest absolute Gasteiger partial charge is 0.350 e. The molecule has 0 unspecified atom stereocenters. The molecule has 1 N–H and O–H groups in total. The number of pyridine rings is 1. The molecule has 0 bridgehead atoms. The molecule has 2 saturated carbocycles. The fraction of sp³-hybridized carbons (Fsp3) is 0.471. The predicted octanol–water partition coefficient (Wildman–Crippen LogP) is 2.46. The van der Waals surface area contributed by atoms with Gasteiger partial charge in [0.25, 0.3) is 5.91 Å². The maximum atomic E-state index is 12.0. The molecule has 2 aromatic heterocycles. The number of hydrogen-bond donors (Lipinski definition) is 1. The molecule has 0 atom stereocenters. The monoisotopic (exact) mass is 296 g/mol. The molecule has 2 aromatic rings. The highest BCUT2D eigenvalue weighted by atomic mass is 16.1. The maximum Gasteiger partial charge on any atom is 0.252 e. The molecule has 0 spiro atoms. The van der Waals surface area contributed by atoms with Gasteiger partial charge < -0.3 is 5.32 Å². The van der Waals surface area contributed by atoms with E-state index in [1.54, 1.807) is 24.5 Å². The predicted molar refractivity (Wildman–Crippen MR) is 82.7 cm³/mol. The van der Waals surface area contributed by atoms with Gasteiger partial charge in [-0.1, -0.05) is 0 Å². The van der Waals surface area contributed by atoms with Crippen LogP contribution in [0.5, 0.6) is 0 Å². The molecule has 0 aromatic carbocycles. The van der Waals surface area contributed by atoms with Crippen molar-refractivity contribution in [2.24, 2.45) is 0 Å². The van der Waals surface area contributed by atoms with Crippen LogP contribution in [0.25, 0.3) is 0 Å². The van der Waals surface area contributed by atoms with Crippen molar-refractivity contribution >= 4 is 5.91 Å². The average molecular weight is 296 g/mol. The summed E-state index contributed by atoms with van der Waals surface area (Å²) in [5, 5.41) is 7.70. The van der Waals surface area contributed by atoms with Crippen molar-refractivity contribution in [1.82, 2.24) is 20.1 Å². The first-order chi connectivity index (χ1) is 10.8. The zero-order chi connectivity index (χ0) is 14.9. The summed E-state index contributed by atoms with van der Waals surface area (Å²) in [5.74, 6) is 1.30. The van der Waals surface area contributed by atoms with Gasteiger partial charge in [0.2, 0.25) is 0 Å². The summed E-state index contributed by atoms with van der Waals surface area (Å²) in [6, 6.07) is 5.84. The Kier molecular flexibility index (Phi) is 3.41. The molecule has 5 nitrogen and oxygen atoms in total. The van der Waals surface area contributed by atoms with Crippen molar-refractivity contribution < 1.29 is 4.79 Å². The summed E-state index contributed by atoms with van der Waals surface area (Å²) in [6.07, 6.45) is 8.36. The van der Waals surface area contributed by atoms with E-state index in [1.807, 2.05) is 0 Å². The lowest BCUT2D eigenvalue weighted by molar-refractivity contribution is 0.0951. The van der Waals surface area contributed by atoms with Crippen molar-refractivity contribution in [3.05, 3.63) is 47.5 Å². The van der Waals surface area contributed by atoms with Crippen LogP contribution in [0, 0.1) is 0 Å². The van der Waals surface area contributed by atoms with Crippen LogP contribution in [-0.4, -0.2) is 27.2 Å². The van der Waals surface area contributed by atoms with Crippen molar-refractivity contribution in [2.45, 2.75) is 44.1 Å². The van der Waals surface area contributed by atoms with Crippen LogP contribution in [0.1, 0.15) is 59.3 Å². The van der Waals surface area contributed by atoms with Gasteiger partial charge in [-0.3, -0.25) is 14.5 Å². The van der Waals surface area contributed by atoms with E-state index in [0.29, 0.717) is 23.9 Å². The second-order valence-corrected chi connectivity index (χ2v) is 6.26. The molecule has 1 amide bonds. The molecule has 2 heterocycles. The van der Waals surface area contributed by atoms with E-state index < -0.39 is 0 Å². The topological polar surface area (TPSA) is 59.8 Å². The SMILES string of the molecule is O=C(NCCn1nc(C2CC2)cc1C1CC1)c1cccnc1. The minimum Gasteiger partial charge on any atom is -0.350 e. The van der Waals surface area contributed by atoms with Crippen LogP contribution in [0.15, 0.2) is 30.6 Å². The molecule has 4 rings (SSSR count). The Morgan fingerprint density at radius 2 is 2.09 bits per heavy atom. The standard InChI is InChI=1S/C17H20N4O/c22-17(14-2-1-7-18-11-14)19-8-9-21-16(13-5-6-13)10-15(20-21)12-3-4-12/h1-2,7,10-13H,3-6,8-9H2,(H,19,22). The molecule has 22 heavy (non-hydrogen) atoms. The first-order valence-corrected chi connectivity index (χ1v) is 8.07. The third kappa shape index (κ3) is 2.89. The maximum absolute atomic E-state index is 12.0. The Labute approximate surface area is 129 Å². The minimum absolute atomic E-state index is 0.0735. The first-order valence-electron chi connectivity index (χ1n) is 8.07. The molecule has 0 aliphatic heterocycles. The molecule has 5 heteroatoms. The summed E-state index contributed by atoms with van der Waals surface area (Å²) >= 11 is 0. The summed E-state index contributed by atoms with van der Waals surface area (Å²) in [5.41, 5.74) is 3.21. The van der Waals surface area contributed by atoms with Crippen LogP contribution in [-0.2, 0) is 6.54 Å². The highest BCUT2D eigenvalue weighted by Gasteiger charge is 2.32. The van der Waals surface area contributed by atoms with E-state index in [0.717, 1.165) is 6.54 Å². The Balaban J connectivity index is 1.38. The van der Waals surface area contributed by atoms with E-state index >= 15 is 0 Å². The molecule has 2 aliphatic carbocycles. The highest BCUT2D eigenvalue weighted by Crippen LogP contribution is 2.44. The Hall–Kier alpha value is -2.17. The summed E-state index contributed by atoms with van der Waals surface area (Å²) in [7, 11) is 0. The van der Waals surface area contributed by atoms with Crippen LogP contribution in [0.3, 0.4) is 0 Å². The van der Waals surface area contributed by atoms with Crippen molar-refractivity contribution in [1.29, 1.82) is 0 Å². The van der Waals surface area contributed by atoms with E-state index in [-0.39, 0.29) is 5.91 Å². The molecule has 114 valence electrons. The van der Waals surface area contributed by atoms with Gasteiger partial charge in [0, 0.05) is 36.5 Å². The molecule has 2 aliphatic rings. The Morgan fingerprint density at radius 3 is 2.77 bits per heavy atom. The molecule has 0 radical (unpaired) electrons. The van der Waals surface area contributed by atoms with E-state index in [2.05, 4.69) is 21.0 Å². The van der Waals surface area contributed by atoms with Crippen LogP contribution >= 0.6 is 0 Å². The molecular formula is C17H20N4O. The van der Waals surface area contributed by atoms with Gasteiger partial charge in [-0.15, -0.1) is 0 Å². The van der Waals surface area contributed by atoms with E-state index in [1.165, 1.54) is 37.1 Å². The second-order valence-electron chi connectivity index (χ2n) is 6.26. The number of carbonyl (C=O) groups is 1.